The van der Waals surface area contributed by atoms with Crippen molar-refractivity contribution in [1.82, 2.24) is 15.1 Å². The molecular weight excluding hydrogens is 350 g/mol. The summed E-state index contributed by atoms with van der Waals surface area (Å²) in [5.41, 5.74) is 1.77. The minimum absolute atomic E-state index is 0.200. The molecular formula is C22H31N5O. The maximum absolute atomic E-state index is 12.2. The topological polar surface area (TPSA) is 71.4 Å². The molecule has 0 aromatic heterocycles. The summed E-state index contributed by atoms with van der Waals surface area (Å²) in [5.74, 6) is 0.946. The van der Waals surface area contributed by atoms with Crippen LogP contribution in [-0.4, -0.2) is 67.1 Å². The summed E-state index contributed by atoms with van der Waals surface area (Å²) in [5, 5.41) is 15.4. The van der Waals surface area contributed by atoms with Crippen LogP contribution < -0.4 is 10.6 Å². The van der Waals surface area contributed by atoms with Crippen molar-refractivity contribution in [3.8, 4) is 6.07 Å². The van der Waals surface area contributed by atoms with Crippen LogP contribution in [0.5, 0.6) is 0 Å². The number of likely N-dealkylation sites (tertiary alicyclic amines) is 1. The number of carbonyl (C=O) groups excluding carboxylic acids is 1. The number of nitrogens with zero attached hydrogens (tertiary/aromatic N) is 3. The summed E-state index contributed by atoms with van der Waals surface area (Å²) in [4.78, 5) is 17.2. The van der Waals surface area contributed by atoms with Crippen molar-refractivity contribution in [3.63, 3.8) is 0 Å². The Hall–Kier alpha value is -2.10. The molecule has 2 saturated heterocycles. The normalized spacial score (nSPS) is 24.7. The molecule has 0 spiro atoms. The lowest BCUT2D eigenvalue weighted by Gasteiger charge is -2.40. The molecule has 1 amide bonds. The molecule has 1 aromatic rings. The van der Waals surface area contributed by atoms with E-state index in [9.17, 15) is 4.79 Å². The number of benzene rings is 1. The number of fused-ring (bicyclic) bond motifs is 2. The van der Waals surface area contributed by atoms with Crippen LogP contribution >= 0.6 is 0 Å². The number of nitrogens with one attached hydrogen (secondary N) is 2. The number of amides is 1. The van der Waals surface area contributed by atoms with Crippen molar-refractivity contribution in [2.45, 2.75) is 44.2 Å². The highest BCUT2D eigenvalue weighted by Gasteiger charge is 2.39. The molecule has 28 heavy (non-hydrogen) atoms. The van der Waals surface area contributed by atoms with Gasteiger partial charge in [0, 0.05) is 50.5 Å². The highest BCUT2D eigenvalue weighted by Crippen LogP contribution is 2.30. The number of hydrogen-bond donors (Lipinski definition) is 2. The molecule has 1 aromatic carbocycles. The van der Waals surface area contributed by atoms with Gasteiger partial charge in [-0.1, -0.05) is 0 Å². The Kier molecular flexibility index (Phi) is 6.13. The molecule has 2 aliphatic heterocycles. The Morgan fingerprint density at radius 3 is 2.46 bits per heavy atom. The number of rotatable bonds is 9. The largest absolute Gasteiger partial charge is 0.385 e. The van der Waals surface area contributed by atoms with E-state index >= 15 is 0 Å². The Labute approximate surface area is 167 Å². The van der Waals surface area contributed by atoms with Gasteiger partial charge in [0.25, 0.3) is 0 Å². The van der Waals surface area contributed by atoms with Gasteiger partial charge in [0.1, 0.15) is 0 Å². The predicted molar refractivity (Wildman–Crippen MR) is 110 cm³/mol. The summed E-state index contributed by atoms with van der Waals surface area (Å²) in [6.45, 7) is 5.54. The molecule has 6 nitrogen and oxygen atoms in total. The van der Waals surface area contributed by atoms with Gasteiger partial charge in [0.15, 0.2) is 0 Å². The van der Waals surface area contributed by atoms with Crippen molar-refractivity contribution in [1.29, 1.82) is 5.26 Å². The van der Waals surface area contributed by atoms with E-state index in [0.29, 0.717) is 24.2 Å². The smallest absolute Gasteiger partial charge is 0.234 e. The molecule has 2 unspecified atom stereocenters. The second kappa shape index (κ2) is 8.93. The number of piperazine rings is 1. The van der Waals surface area contributed by atoms with Crippen molar-refractivity contribution >= 4 is 11.6 Å². The third-order valence-corrected chi connectivity index (χ3v) is 6.30. The van der Waals surface area contributed by atoms with E-state index < -0.39 is 0 Å². The minimum atomic E-state index is 0.200. The lowest BCUT2D eigenvalue weighted by atomic mass is 10.1. The van der Waals surface area contributed by atoms with Gasteiger partial charge in [0.2, 0.25) is 5.91 Å². The number of nitriles is 1. The third kappa shape index (κ3) is 5.03. The van der Waals surface area contributed by atoms with Gasteiger partial charge < -0.3 is 10.6 Å². The van der Waals surface area contributed by atoms with Crippen LogP contribution in [0.2, 0.25) is 0 Å². The molecule has 2 atom stereocenters. The van der Waals surface area contributed by atoms with E-state index in [0.717, 1.165) is 50.7 Å². The van der Waals surface area contributed by atoms with Crippen LogP contribution in [0.15, 0.2) is 24.3 Å². The van der Waals surface area contributed by atoms with Crippen molar-refractivity contribution in [3.05, 3.63) is 29.8 Å². The molecule has 150 valence electrons. The predicted octanol–water partition coefficient (Wildman–Crippen LogP) is 2.04. The van der Waals surface area contributed by atoms with Gasteiger partial charge in [-0.2, -0.15) is 5.26 Å². The van der Waals surface area contributed by atoms with Crippen molar-refractivity contribution in [2.75, 3.05) is 44.6 Å². The zero-order chi connectivity index (χ0) is 19.3. The van der Waals surface area contributed by atoms with E-state index in [1.54, 1.807) is 0 Å². The van der Waals surface area contributed by atoms with Gasteiger partial charge >= 0.3 is 0 Å². The summed E-state index contributed by atoms with van der Waals surface area (Å²) in [6, 6.07) is 11.0. The van der Waals surface area contributed by atoms with Gasteiger partial charge in [0.05, 0.1) is 18.2 Å². The first-order valence-electron chi connectivity index (χ1n) is 10.7. The van der Waals surface area contributed by atoms with Crippen LogP contribution in [-0.2, 0) is 4.79 Å². The Bertz CT molecular complexity index is 695. The van der Waals surface area contributed by atoms with Gasteiger partial charge in [-0.25, -0.2) is 0 Å². The molecule has 2 heterocycles. The molecule has 1 saturated carbocycles. The highest BCUT2D eigenvalue weighted by atomic mass is 16.2. The first-order chi connectivity index (χ1) is 13.7. The summed E-state index contributed by atoms with van der Waals surface area (Å²) in [7, 11) is 0. The van der Waals surface area contributed by atoms with Crippen LogP contribution in [0.4, 0.5) is 5.69 Å². The number of carbonyl (C=O) groups is 1. The molecule has 3 aliphatic rings. The average Bonchev–Trinajstić information content (AvgIpc) is 3.50. The zero-order valence-electron chi connectivity index (χ0n) is 16.6. The number of anilines is 1. The van der Waals surface area contributed by atoms with Gasteiger partial charge in [-0.3, -0.25) is 14.6 Å². The van der Waals surface area contributed by atoms with Crippen LogP contribution in [0, 0.1) is 17.2 Å². The van der Waals surface area contributed by atoms with E-state index in [2.05, 4.69) is 26.5 Å². The zero-order valence-corrected chi connectivity index (χ0v) is 16.6. The summed E-state index contributed by atoms with van der Waals surface area (Å²) >= 11 is 0. The SMILES string of the molecule is N#Cc1ccc(NCCCN2C3CCC2CN(CC(=O)NCC2CC2)C3)cc1. The fourth-order valence-electron chi connectivity index (χ4n) is 4.57. The van der Waals surface area contributed by atoms with Gasteiger partial charge in [-0.05, 0) is 62.3 Å². The fraction of sp³-hybridized carbons (Fsp3) is 0.636. The molecule has 1 aliphatic carbocycles. The van der Waals surface area contributed by atoms with E-state index in [1.807, 2.05) is 24.3 Å². The third-order valence-electron chi connectivity index (χ3n) is 6.30. The maximum Gasteiger partial charge on any atom is 0.234 e. The molecule has 0 radical (unpaired) electrons. The Balaban J connectivity index is 1.16. The Morgan fingerprint density at radius 2 is 1.82 bits per heavy atom. The Morgan fingerprint density at radius 1 is 1.11 bits per heavy atom. The molecule has 3 fully saturated rings. The van der Waals surface area contributed by atoms with E-state index in [-0.39, 0.29) is 5.91 Å². The van der Waals surface area contributed by atoms with Crippen LogP contribution in [0.25, 0.3) is 0 Å². The van der Waals surface area contributed by atoms with Gasteiger partial charge in [-0.15, -0.1) is 0 Å². The van der Waals surface area contributed by atoms with Crippen molar-refractivity contribution < 1.29 is 4.79 Å². The lowest BCUT2D eigenvalue weighted by molar-refractivity contribution is -0.123. The summed E-state index contributed by atoms with van der Waals surface area (Å²) < 4.78 is 0. The standard InChI is InChI=1S/C22H31N5O/c23-12-17-4-6-19(7-5-17)24-10-1-11-27-20-8-9-21(27)15-26(14-20)16-22(28)25-13-18-2-3-18/h4-7,18,20-21,24H,1-3,8-11,13-16H2,(H,25,28). The first-order valence-corrected chi connectivity index (χ1v) is 10.7. The van der Waals surface area contributed by atoms with Crippen LogP contribution in [0.3, 0.4) is 0 Å². The first kappa shape index (κ1) is 19.2. The van der Waals surface area contributed by atoms with Crippen molar-refractivity contribution in [2.24, 2.45) is 5.92 Å². The monoisotopic (exact) mass is 381 g/mol. The lowest BCUT2D eigenvalue weighted by Crippen LogP contribution is -2.55. The maximum atomic E-state index is 12.2. The summed E-state index contributed by atoms with van der Waals surface area (Å²) in [6.07, 6.45) is 6.18. The average molecular weight is 382 g/mol. The second-order valence-electron chi connectivity index (χ2n) is 8.53. The number of hydrogen-bond acceptors (Lipinski definition) is 5. The molecule has 2 N–H and O–H groups in total. The van der Waals surface area contributed by atoms with E-state index in [1.165, 1.54) is 25.7 Å². The molecule has 6 heteroatoms. The minimum Gasteiger partial charge on any atom is -0.385 e. The molecule has 4 rings (SSSR count). The fourth-order valence-corrected chi connectivity index (χ4v) is 4.57. The second-order valence-corrected chi connectivity index (χ2v) is 8.53. The molecule has 2 bridgehead atoms. The highest BCUT2D eigenvalue weighted by molar-refractivity contribution is 5.78. The van der Waals surface area contributed by atoms with Crippen LogP contribution in [0.1, 0.15) is 37.7 Å². The van der Waals surface area contributed by atoms with E-state index in [4.69, 9.17) is 5.26 Å². The quantitative estimate of drug-likeness (QED) is 0.641.